The van der Waals surface area contributed by atoms with Crippen molar-refractivity contribution in [1.82, 2.24) is 14.5 Å². The lowest BCUT2D eigenvalue weighted by Crippen LogP contribution is -2.38. The molecular weight excluding hydrogens is 192 g/mol. The molecule has 84 valence electrons. The van der Waals surface area contributed by atoms with E-state index in [9.17, 15) is 0 Å². The molecule has 0 amide bonds. The molecule has 1 aromatic heterocycles. The van der Waals surface area contributed by atoms with Crippen LogP contribution in [0.2, 0.25) is 0 Å². The molecule has 2 heterocycles. The molecule has 0 unspecified atom stereocenters. The summed E-state index contributed by atoms with van der Waals surface area (Å²) in [6.45, 7) is 7.62. The Morgan fingerprint density at radius 3 is 2.73 bits per heavy atom. The monoisotopic (exact) mass is 210 g/mol. The molecule has 1 saturated heterocycles. The van der Waals surface area contributed by atoms with Gasteiger partial charge in [-0.15, -0.1) is 0 Å². The molecule has 1 aliphatic heterocycles. The Morgan fingerprint density at radius 2 is 2.13 bits per heavy atom. The van der Waals surface area contributed by atoms with Crippen LogP contribution < -0.4 is 5.73 Å². The number of aromatic nitrogens is 2. The third kappa shape index (κ3) is 2.70. The van der Waals surface area contributed by atoms with Crippen LogP contribution in [0.15, 0.2) is 6.20 Å². The minimum absolute atomic E-state index is 0.612. The summed E-state index contributed by atoms with van der Waals surface area (Å²) in [4.78, 5) is 6.56. The fourth-order valence-corrected chi connectivity index (χ4v) is 1.82. The minimum atomic E-state index is 0.612. The zero-order valence-corrected chi connectivity index (χ0v) is 9.15. The van der Waals surface area contributed by atoms with Gasteiger partial charge in [0.15, 0.2) is 5.95 Å². The second-order valence-corrected chi connectivity index (χ2v) is 3.89. The highest BCUT2D eigenvalue weighted by atomic mass is 16.5. The van der Waals surface area contributed by atoms with E-state index in [-0.39, 0.29) is 0 Å². The number of ether oxygens (including phenoxy) is 1. The number of anilines is 1. The Labute approximate surface area is 89.8 Å². The molecule has 2 rings (SSSR count). The molecule has 1 fully saturated rings. The van der Waals surface area contributed by atoms with Gasteiger partial charge in [0.05, 0.1) is 18.9 Å². The first kappa shape index (κ1) is 10.4. The van der Waals surface area contributed by atoms with Gasteiger partial charge in [0.25, 0.3) is 0 Å². The first-order valence-corrected chi connectivity index (χ1v) is 5.35. The molecule has 2 N–H and O–H groups in total. The fourth-order valence-electron chi connectivity index (χ4n) is 1.82. The number of imidazole rings is 1. The van der Waals surface area contributed by atoms with Gasteiger partial charge in [-0.25, -0.2) is 4.98 Å². The maximum Gasteiger partial charge on any atom is 0.200 e. The molecular formula is C10H18N4O. The van der Waals surface area contributed by atoms with Crippen molar-refractivity contribution in [2.75, 3.05) is 38.6 Å². The molecule has 0 radical (unpaired) electrons. The van der Waals surface area contributed by atoms with E-state index in [0.717, 1.165) is 45.1 Å². The number of hydrogen-bond donors (Lipinski definition) is 1. The zero-order valence-electron chi connectivity index (χ0n) is 9.15. The van der Waals surface area contributed by atoms with Gasteiger partial charge in [-0.1, -0.05) is 0 Å². The molecule has 0 bridgehead atoms. The summed E-state index contributed by atoms with van der Waals surface area (Å²) in [7, 11) is 0. The van der Waals surface area contributed by atoms with E-state index < -0.39 is 0 Å². The van der Waals surface area contributed by atoms with Crippen molar-refractivity contribution < 1.29 is 4.74 Å². The van der Waals surface area contributed by atoms with Crippen molar-refractivity contribution in [2.45, 2.75) is 13.5 Å². The quantitative estimate of drug-likeness (QED) is 0.769. The smallest absolute Gasteiger partial charge is 0.200 e. The molecule has 1 aromatic rings. The first-order chi connectivity index (χ1) is 7.25. The minimum Gasteiger partial charge on any atom is -0.379 e. The van der Waals surface area contributed by atoms with Crippen molar-refractivity contribution >= 4 is 5.95 Å². The highest BCUT2D eigenvalue weighted by Crippen LogP contribution is 2.05. The molecule has 5 nitrogen and oxygen atoms in total. The van der Waals surface area contributed by atoms with Crippen molar-refractivity contribution in [1.29, 1.82) is 0 Å². The highest BCUT2D eigenvalue weighted by Gasteiger charge is 2.10. The van der Waals surface area contributed by atoms with E-state index in [2.05, 4.69) is 9.88 Å². The van der Waals surface area contributed by atoms with Crippen LogP contribution in [0.1, 0.15) is 5.69 Å². The van der Waals surface area contributed by atoms with Gasteiger partial charge >= 0.3 is 0 Å². The third-order valence-electron chi connectivity index (χ3n) is 2.69. The second-order valence-electron chi connectivity index (χ2n) is 3.89. The van der Waals surface area contributed by atoms with Crippen molar-refractivity contribution in [3.05, 3.63) is 11.9 Å². The molecule has 0 spiro atoms. The predicted molar refractivity (Wildman–Crippen MR) is 58.6 cm³/mol. The Balaban J connectivity index is 1.84. The Morgan fingerprint density at radius 1 is 1.40 bits per heavy atom. The summed E-state index contributed by atoms with van der Waals surface area (Å²) in [6, 6.07) is 0. The predicted octanol–water partition coefficient (Wildman–Crippen LogP) is 0.106. The van der Waals surface area contributed by atoms with Gasteiger partial charge in [0, 0.05) is 32.4 Å². The Bertz CT molecular complexity index is 317. The van der Waals surface area contributed by atoms with Gasteiger partial charge < -0.3 is 15.0 Å². The number of morpholine rings is 1. The van der Waals surface area contributed by atoms with E-state index in [1.54, 1.807) is 0 Å². The summed E-state index contributed by atoms with van der Waals surface area (Å²) in [5, 5.41) is 0. The second kappa shape index (κ2) is 4.63. The van der Waals surface area contributed by atoms with Gasteiger partial charge in [-0.3, -0.25) is 4.90 Å². The summed E-state index contributed by atoms with van der Waals surface area (Å²) < 4.78 is 7.30. The van der Waals surface area contributed by atoms with E-state index in [1.165, 1.54) is 0 Å². The normalized spacial score (nSPS) is 18.2. The Hall–Kier alpha value is -1.07. The van der Waals surface area contributed by atoms with Gasteiger partial charge in [-0.2, -0.15) is 0 Å². The largest absolute Gasteiger partial charge is 0.379 e. The number of nitrogens with two attached hydrogens (primary N) is 1. The van der Waals surface area contributed by atoms with Gasteiger partial charge in [0.1, 0.15) is 0 Å². The van der Waals surface area contributed by atoms with Crippen LogP contribution in [0.25, 0.3) is 0 Å². The maximum atomic E-state index is 5.77. The number of nitrogens with zero attached hydrogens (tertiary/aromatic N) is 3. The molecule has 0 aliphatic carbocycles. The van der Waals surface area contributed by atoms with Crippen LogP contribution in [0.4, 0.5) is 5.95 Å². The number of aryl methyl sites for hydroxylation is 1. The lowest BCUT2D eigenvalue weighted by atomic mass is 10.4. The number of nitrogen functional groups attached to an aromatic ring is 1. The fraction of sp³-hybridized carbons (Fsp3) is 0.700. The molecule has 0 atom stereocenters. The lowest BCUT2D eigenvalue weighted by molar-refractivity contribution is 0.0364. The molecule has 15 heavy (non-hydrogen) atoms. The van der Waals surface area contributed by atoms with Crippen molar-refractivity contribution in [3.63, 3.8) is 0 Å². The summed E-state index contributed by atoms with van der Waals surface area (Å²) in [5.74, 6) is 0.612. The van der Waals surface area contributed by atoms with Crippen LogP contribution in [0, 0.1) is 6.92 Å². The van der Waals surface area contributed by atoms with Crippen LogP contribution in [-0.2, 0) is 11.3 Å². The van der Waals surface area contributed by atoms with Crippen molar-refractivity contribution in [2.24, 2.45) is 0 Å². The van der Waals surface area contributed by atoms with Crippen LogP contribution in [-0.4, -0.2) is 47.3 Å². The molecule has 0 aromatic carbocycles. The van der Waals surface area contributed by atoms with E-state index in [0.29, 0.717) is 5.95 Å². The first-order valence-electron chi connectivity index (χ1n) is 5.35. The Kier molecular flexibility index (Phi) is 3.23. The molecule has 5 heteroatoms. The lowest BCUT2D eigenvalue weighted by Gasteiger charge is -2.26. The third-order valence-corrected chi connectivity index (χ3v) is 2.69. The number of hydrogen-bond acceptors (Lipinski definition) is 4. The van der Waals surface area contributed by atoms with Crippen LogP contribution >= 0.6 is 0 Å². The maximum absolute atomic E-state index is 5.77. The molecule has 0 saturated carbocycles. The van der Waals surface area contributed by atoms with Crippen molar-refractivity contribution in [3.8, 4) is 0 Å². The summed E-state index contributed by atoms with van der Waals surface area (Å²) in [6.07, 6.45) is 2.00. The summed E-state index contributed by atoms with van der Waals surface area (Å²) in [5.41, 5.74) is 6.75. The van der Waals surface area contributed by atoms with Gasteiger partial charge in [-0.05, 0) is 6.92 Å². The number of rotatable bonds is 3. The summed E-state index contributed by atoms with van der Waals surface area (Å²) >= 11 is 0. The van der Waals surface area contributed by atoms with E-state index in [1.807, 2.05) is 17.7 Å². The highest BCUT2D eigenvalue weighted by molar-refractivity contribution is 5.21. The van der Waals surface area contributed by atoms with E-state index in [4.69, 9.17) is 10.5 Å². The SMILES string of the molecule is Cc1cn(CCN2CCOCC2)c(N)n1. The zero-order chi connectivity index (χ0) is 10.7. The average molecular weight is 210 g/mol. The van der Waals surface area contributed by atoms with E-state index >= 15 is 0 Å². The standard InChI is InChI=1S/C10H18N4O/c1-9-8-14(10(11)12-9)3-2-13-4-6-15-7-5-13/h8H,2-7H2,1H3,(H2,11,12). The molecule has 1 aliphatic rings. The van der Waals surface area contributed by atoms with Crippen LogP contribution in [0.3, 0.4) is 0 Å². The van der Waals surface area contributed by atoms with Crippen LogP contribution in [0.5, 0.6) is 0 Å². The average Bonchev–Trinajstić information content (AvgIpc) is 2.56. The van der Waals surface area contributed by atoms with Gasteiger partial charge in [0.2, 0.25) is 0 Å². The topological polar surface area (TPSA) is 56.3 Å².